The average molecular weight is 256 g/mol. The van der Waals surface area contributed by atoms with Crippen molar-refractivity contribution in [2.45, 2.75) is 11.8 Å². The van der Waals surface area contributed by atoms with Crippen LogP contribution in [0.2, 0.25) is 0 Å². The van der Waals surface area contributed by atoms with Crippen LogP contribution in [0.4, 0.5) is 5.69 Å². The van der Waals surface area contributed by atoms with Crippen molar-refractivity contribution in [1.82, 2.24) is 4.90 Å². The Labute approximate surface area is 101 Å². The Morgan fingerprint density at radius 3 is 2.59 bits per heavy atom. The third kappa shape index (κ3) is 3.45. The quantitative estimate of drug-likeness (QED) is 0.796. The Kier molecular flexibility index (Phi) is 4.11. The number of nitrogens with zero attached hydrogens (tertiary/aromatic N) is 1. The van der Waals surface area contributed by atoms with Gasteiger partial charge >= 0.3 is 0 Å². The minimum Gasteiger partial charge on any atom is -0.399 e. The monoisotopic (exact) mass is 256 g/mol. The van der Waals surface area contributed by atoms with Gasteiger partial charge in [-0.05, 0) is 25.1 Å². The summed E-state index contributed by atoms with van der Waals surface area (Å²) in [5, 5.41) is 0. The maximum atomic E-state index is 11.9. The number of rotatable bonds is 4. The van der Waals surface area contributed by atoms with E-state index in [9.17, 15) is 13.2 Å². The summed E-state index contributed by atoms with van der Waals surface area (Å²) in [7, 11) is -2.04. The van der Waals surface area contributed by atoms with E-state index in [-0.39, 0.29) is 4.90 Å². The van der Waals surface area contributed by atoms with Crippen LogP contribution in [0.15, 0.2) is 29.2 Å². The smallest absolute Gasteiger partial charge is 0.237 e. The van der Waals surface area contributed by atoms with E-state index in [0.29, 0.717) is 12.2 Å². The molecule has 0 heterocycles. The van der Waals surface area contributed by atoms with Crippen molar-refractivity contribution >= 4 is 21.4 Å². The van der Waals surface area contributed by atoms with Crippen molar-refractivity contribution in [3.05, 3.63) is 24.3 Å². The third-order valence-corrected chi connectivity index (χ3v) is 4.03. The first-order valence-electron chi connectivity index (χ1n) is 5.19. The van der Waals surface area contributed by atoms with Crippen LogP contribution in [0.25, 0.3) is 0 Å². The van der Waals surface area contributed by atoms with E-state index in [2.05, 4.69) is 0 Å². The fraction of sp³-hybridized carbons (Fsp3) is 0.364. The van der Waals surface area contributed by atoms with Gasteiger partial charge in [-0.25, -0.2) is 8.42 Å². The van der Waals surface area contributed by atoms with Gasteiger partial charge in [-0.2, -0.15) is 0 Å². The van der Waals surface area contributed by atoms with Crippen LogP contribution in [0, 0.1) is 0 Å². The molecule has 1 amide bonds. The molecule has 1 aromatic rings. The minimum absolute atomic E-state index is 0.0790. The van der Waals surface area contributed by atoms with Crippen LogP contribution in [0.1, 0.15) is 6.92 Å². The molecule has 0 atom stereocenters. The predicted octanol–water partition coefficient (Wildman–Crippen LogP) is 0.521. The number of nitrogen functional groups attached to an aromatic ring is 1. The van der Waals surface area contributed by atoms with Crippen molar-refractivity contribution in [3.8, 4) is 0 Å². The largest absolute Gasteiger partial charge is 0.399 e. The molecular weight excluding hydrogens is 240 g/mol. The Morgan fingerprint density at radius 1 is 1.41 bits per heavy atom. The second-order valence-corrected chi connectivity index (χ2v) is 5.73. The van der Waals surface area contributed by atoms with Crippen molar-refractivity contribution in [2.24, 2.45) is 0 Å². The molecule has 94 valence electrons. The number of anilines is 1. The van der Waals surface area contributed by atoms with Gasteiger partial charge in [-0.1, -0.05) is 6.07 Å². The Morgan fingerprint density at radius 2 is 2.06 bits per heavy atom. The molecule has 0 spiro atoms. The molecule has 0 fully saturated rings. The van der Waals surface area contributed by atoms with Gasteiger partial charge in [0, 0.05) is 19.3 Å². The molecule has 0 saturated carbocycles. The number of carbonyl (C=O) groups excluding carboxylic acids is 1. The van der Waals surface area contributed by atoms with Gasteiger partial charge in [-0.15, -0.1) is 0 Å². The first-order chi connectivity index (χ1) is 7.86. The van der Waals surface area contributed by atoms with Gasteiger partial charge in [0.1, 0.15) is 5.75 Å². The zero-order valence-electron chi connectivity index (χ0n) is 9.88. The van der Waals surface area contributed by atoms with E-state index in [1.165, 1.54) is 17.0 Å². The molecular formula is C11H16N2O3S. The Bertz CT molecular complexity index is 511. The number of hydrogen-bond donors (Lipinski definition) is 1. The van der Waals surface area contributed by atoms with Crippen LogP contribution >= 0.6 is 0 Å². The normalized spacial score (nSPS) is 11.2. The summed E-state index contributed by atoms with van der Waals surface area (Å²) < 4.78 is 23.8. The molecule has 1 rings (SSSR count). The van der Waals surface area contributed by atoms with E-state index in [1.807, 2.05) is 0 Å². The van der Waals surface area contributed by atoms with Gasteiger partial charge < -0.3 is 10.6 Å². The summed E-state index contributed by atoms with van der Waals surface area (Å²) in [5.74, 6) is -0.948. The maximum absolute atomic E-state index is 11.9. The SMILES string of the molecule is CCN(C)C(=O)CS(=O)(=O)c1cccc(N)c1. The van der Waals surface area contributed by atoms with E-state index in [4.69, 9.17) is 5.73 Å². The molecule has 0 unspecified atom stereocenters. The van der Waals surface area contributed by atoms with Gasteiger partial charge in [0.25, 0.3) is 0 Å². The van der Waals surface area contributed by atoms with Crippen LogP contribution in [-0.2, 0) is 14.6 Å². The first-order valence-corrected chi connectivity index (χ1v) is 6.84. The molecule has 0 aromatic heterocycles. The summed E-state index contributed by atoms with van der Waals surface area (Å²) in [5.41, 5.74) is 5.88. The zero-order valence-corrected chi connectivity index (χ0v) is 10.7. The summed E-state index contributed by atoms with van der Waals surface area (Å²) in [6.45, 7) is 2.26. The van der Waals surface area contributed by atoms with E-state index >= 15 is 0 Å². The van der Waals surface area contributed by atoms with Crippen LogP contribution < -0.4 is 5.73 Å². The standard InChI is InChI=1S/C11H16N2O3S/c1-3-13(2)11(14)8-17(15,16)10-6-4-5-9(12)7-10/h4-7H,3,8,12H2,1-2H3. The lowest BCUT2D eigenvalue weighted by molar-refractivity contribution is -0.126. The number of hydrogen-bond acceptors (Lipinski definition) is 4. The molecule has 0 aliphatic rings. The molecule has 2 N–H and O–H groups in total. The lowest BCUT2D eigenvalue weighted by Crippen LogP contribution is -2.32. The molecule has 5 nitrogen and oxygen atoms in total. The molecule has 0 saturated heterocycles. The minimum atomic E-state index is -3.61. The second kappa shape index (κ2) is 5.18. The lowest BCUT2D eigenvalue weighted by Gasteiger charge is -2.14. The topological polar surface area (TPSA) is 80.5 Å². The number of benzene rings is 1. The zero-order chi connectivity index (χ0) is 13.1. The predicted molar refractivity (Wildman–Crippen MR) is 66.2 cm³/mol. The number of nitrogens with two attached hydrogens (primary N) is 1. The first kappa shape index (κ1) is 13.5. The molecule has 1 aromatic carbocycles. The van der Waals surface area contributed by atoms with Crippen molar-refractivity contribution in [2.75, 3.05) is 25.1 Å². The van der Waals surface area contributed by atoms with Gasteiger partial charge in [-0.3, -0.25) is 4.79 Å². The summed E-state index contributed by atoms with van der Waals surface area (Å²) in [6.07, 6.45) is 0. The van der Waals surface area contributed by atoms with Crippen molar-refractivity contribution in [1.29, 1.82) is 0 Å². The highest BCUT2D eigenvalue weighted by Crippen LogP contribution is 2.14. The van der Waals surface area contributed by atoms with Crippen LogP contribution in [0.3, 0.4) is 0 Å². The molecule has 0 bridgehead atoms. The van der Waals surface area contributed by atoms with Crippen molar-refractivity contribution < 1.29 is 13.2 Å². The summed E-state index contributed by atoms with van der Waals surface area (Å²) in [4.78, 5) is 13.0. The average Bonchev–Trinajstić information content (AvgIpc) is 2.27. The summed E-state index contributed by atoms with van der Waals surface area (Å²) >= 11 is 0. The van der Waals surface area contributed by atoms with Gasteiger partial charge in [0.05, 0.1) is 4.90 Å². The Balaban J connectivity index is 2.94. The van der Waals surface area contributed by atoms with Crippen molar-refractivity contribution in [3.63, 3.8) is 0 Å². The number of amides is 1. The highest BCUT2D eigenvalue weighted by atomic mass is 32.2. The molecule has 0 aliphatic carbocycles. The van der Waals surface area contributed by atoms with E-state index in [0.717, 1.165) is 0 Å². The molecule has 0 radical (unpaired) electrons. The number of sulfone groups is 1. The third-order valence-electron chi connectivity index (χ3n) is 2.43. The van der Waals surface area contributed by atoms with Gasteiger partial charge in [0.15, 0.2) is 9.84 Å². The number of carbonyl (C=O) groups is 1. The second-order valence-electron chi connectivity index (χ2n) is 3.74. The molecule has 0 aliphatic heterocycles. The molecule has 6 heteroatoms. The highest BCUT2D eigenvalue weighted by molar-refractivity contribution is 7.92. The van der Waals surface area contributed by atoms with Crippen LogP contribution in [0.5, 0.6) is 0 Å². The van der Waals surface area contributed by atoms with E-state index < -0.39 is 21.5 Å². The fourth-order valence-electron chi connectivity index (χ4n) is 1.24. The lowest BCUT2D eigenvalue weighted by atomic mass is 10.3. The maximum Gasteiger partial charge on any atom is 0.237 e. The molecule has 17 heavy (non-hydrogen) atoms. The van der Waals surface area contributed by atoms with Crippen LogP contribution in [-0.4, -0.2) is 38.6 Å². The fourth-order valence-corrected chi connectivity index (χ4v) is 2.55. The Hall–Kier alpha value is -1.56. The summed E-state index contributed by atoms with van der Waals surface area (Å²) in [6, 6.07) is 5.94. The highest BCUT2D eigenvalue weighted by Gasteiger charge is 2.21. The van der Waals surface area contributed by atoms with Gasteiger partial charge in [0.2, 0.25) is 5.91 Å². The van der Waals surface area contributed by atoms with E-state index in [1.54, 1.807) is 26.1 Å².